The number of rotatable bonds is 9. The number of hydrogen-bond donors (Lipinski definition) is 5. The van der Waals surface area contributed by atoms with Crippen LogP contribution in [0.3, 0.4) is 0 Å². The lowest BCUT2D eigenvalue weighted by atomic mass is 10.2. The summed E-state index contributed by atoms with van der Waals surface area (Å²) < 4.78 is 5.28. The van der Waals surface area contributed by atoms with Gasteiger partial charge in [0.25, 0.3) is 0 Å². The molecule has 1 atom stereocenters. The fraction of sp³-hybridized carbons (Fsp3) is 0.533. The number of aliphatic hydroxyl groups excluding tert-OH is 1. The number of ether oxygens (including phenoxy) is 1. The summed E-state index contributed by atoms with van der Waals surface area (Å²) in [5, 5.41) is 34.1. The van der Waals surface area contributed by atoms with Crippen molar-refractivity contribution in [1.82, 2.24) is 10.6 Å². The van der Waals surface area contributed by atoms with E-state index in [0.717, 1.165) is 0 Å². The maximum absolute atomic E-state index is 11.3. The molecule has 0 radical (unpaired) electrons. The molecule has 0 spiro atoms. The molecular weight excluding hydrogens is 288 g/mol. The van der Waals surface area contributed by atoms with Crippen LogP contribution in [0.4, 0.5) is 0 Å². The van der Waals surface area contributed by atoms with Crippen LogP contribution in [0.1, 0.15) is 13.8 Å². The SMILES string of the molecule is CC(C)C(=O)NCCNCC(O)COc1cc(O)cc(O)c1. The van der Waals surface area contributed by atoms with Crippen LogP contribution in [0.25, 0.3) is 0 Å². The van der Waals surface area contributed by atoms with Crippen molar-refractivity contribution in [1.29, 1.82) is 0 Å². The second-order valence-corrected chi connectivity index (χ2v) is 5.30. The highest BCUT2D eigenvalue weighted by Gasteiger charge is 2.07. The van der Waals surface area contributed by atoms with Crippen LogP contribution in [0.5, 0.6) is 17.2 Å². The molecule has 0 saturated carbocycles. The smallest absolute Gasteiger partial charge is 0.222 e. The number of phenols is 2. The fourth-order valence-electron chi connectivity index (χ4n) is 1.65. The molecular formula is C15H24N2O5. The van der Waals surface area contributed by atoms with Crippen LogP contribution < -0.4 is 15.4 Å². The van der Waals surface area contributed by atoms with Gasteiger partial charge in [-0.05, 0) is 0 Å². The summed E-state index contributed by atoms with van der Waals surface area (Å²) in [5.41, 5.74) is 0. The van der Waals surface area contributed by atoms with E-state index in [9.17, 15) is 20.1 Å². The molecule has 0 saturated heterocycles. The Labute approximate surface area is 129 Å². The van der Waals surface area contributed by atoms with E-state index in [2.05, 4.69) is 10.6 Å². The number of aliphatic hydroxyl groups is 1. The second kappa shape index (κ2) is 9.11. The van der Waals surface area contributed by atoms with Crippen LogP contribution >= 0.6 is 0 Å². The zero-order chi connectivity index (χ0) is 16.5. The van der Waals surface area contributed by atoms with E-state index in [4.69, 9.17) is 4.74 Å². The van der Waals surface area contributed by atoms with Crippen LogP contribution in [-0.2, 0) is 4.79 Å². The Morgan fingerprint density at radius 2 is 1.82 bits per heavy atom. The first kappa shape index (κ1) is 18.1. The molecule has 0 aliphatic heterocycles. The van der Waals surface area contributed by atoms with E-state index >= 15 is 0 Å². The molecule has 124 valence electrons. The van der Waals surface area contributed by atoms with Gasteiger partial charge < -0.3 is 30.7 Å². The third kappa shape index (κ3) is 7.14. The third-order valence-corrected chi connectivity index (χ3v) is 2.82. The van der Waals surface area contributed by atoms with E-state index in [-0.39, 0.29) is 35.7 Å². The average Bonchev–Trinajstić information content (AvgIpc) is 2.43. The highest BCUT2D eigenvalue weighted by Crippen LogP contribution is 2.25. The number of aromatic hydroxyl groups is 2. The first-order chi connectivity index (χ1) is 10.4. The van der Waals surface area contributed by atoms with Crippen molar-refractivity contribution in [2.24, 2.45) is 5.92 Å². The van der Waals surface area contributed by atoms with Crippen molar-refractivity contribution in [3.8, 4) is 17.2 Å². The predicted molar refractivity (Wildman–Crippen MR) is 82.0 cm³/mol. The lowest BCUT2D eigenvalue weighted by molar-refractivity contribution is -0.123. The summed E-state index contributed by atoms with van der Waals surface area (Å²) in [4.78, 5) is 11.3. The van der Waals surface area contributed by atoms with Gasteiger partial charge in [0, 0.05) is 43.8 Å². The van der Waals surface area contributed by atoms with Crippen LogP contribution in [0, 0.1) is 5.92 Å². The van der Waals surface area contributed by atoms with Crippen molar-refractivity contribution < 1.29 is 24.9 Å². The Morgan fingerprint density at radius 3 is 2.41 bits per heavy atom. The number of benzene rings is 1. The topological polar surface area (TPSA) is 111 Å². The summed E-state index contributed by atoms with van der Waals surface area (Å²) >= 11 is 0. The Balaban J connectivity index is 2.16. The number of carbonyl (C=O) groups is 1. The Hall–Kier alpha value is -1.99. The molecule has 1 unspecified atom stereocenters. The molecule has 0 fully saturated rings. The van der Waals surface area contributed by atoms with Gasteiger partial charge in [-0.1, -0.05) is 13.8 Å². The van der Waals surface area contributed by atoms with Gasteiger partial charge >= 0.3 is 0 Å². The van der Waals surface area contributed by atoms with Crippen molar-refractivity contribution in [3.05, 3.63) is 18.2 Å². The first-order valence-electron chi connectivity index (χ1n) is 7.20. The summed E-state index contributed by atoms with van der Waals surface area (Å²) in [7, 11) is 0. The molecule has 0 aromatic heterocycles. The predicted octanol–water partition coefficient (Wildman–Crippen LogP) is 0.199. The molecule has 0 aliphatic rings. The molecule has 1 aromatic rings. The van der Waals surface area contributed by atoms with Gasteiger partial charge in [-0.3, -0.25) is 4.79 Å². The summed E-state index contributed by atoms with van der Waals surface area (Å²) in [5.74, 6) is 0.0137. The van der Waals surface area contributed by atoms with E-state index in [1.54, 1.807) is 0 Å². The maximum Gasteiger partial charge on any atom is 0.222 e. The van der Waals surface area contributed by atoms with E-state index in [1.807, 2.05) is 13.8 Å². The van der Waals surface area contributed by atoms with Gasteiger partial charge in [-0.2, -0.15) is 0 Å². The Kier molecular flexibility index (Phi) is 7.48. The number of amides is 1. The summed E-state index contributed by atoms with van der Waals surface area (Å²) in [6, 6.07) is 3.89. The molecule has 0 aliphatic carbocycles. The maximum atomic E-state index is 11.3. The minimum absolute atomic E-state index is 0.00521. The second-order valence-electron chi connectivity index (χ2n) is 5.30. The normalized spacial score (nSPS) is 12.2. The molecule has 7 nitrogen and oxygen atoms in total. The highest BCUT2D eigenvalue weighted by atomic mass is 16.5. The Morgan fingerprint density at radius 1 is 1.18 bits per heavy atom. The lowest BCUT2D eigenvalue weighted by Crippen LogP contribution is -2.38. The quantitative estimate of drug-likeness (QED) is 0.417. The summed E-state index contributed by atoms with van der Waals surface area (Å²) in [6.07, 6.45) is -0.745. The minimum Gasteiger partial charge on any atom is -0.508 e. The van der Waals surface area contributed by atoms with Crippen molar-refractivity contribution in [3.63, 3.8) is 0 Å². The van der Waals surface area contributed by atoms with Gasteiger partial charge in [0.1, 0.15) is 30.0 Å². The van der Waals surface area contributed by atoms with Crippen molar-refractivity contribution >= 4 is 5.91 Å². The summed E-state index contributed by atoms with van der Waals surface area (Å²) in [6.45, 7) is 5.01. The largest absolute Gasteiger partial charge is 0.508 e. The number of carbonyl (C=O) groups excluding carboxylic acids is 1. The van der Waals surface area contributed by atoms with E-state index in [0.29, 0.717) is 19.6 Å². The molecule has 0 bridgehead atoms. The van der Waals surface area contributed by atoms with Crippen LogP contribution in [0.15, 0.2) is 18.2 Å². The first-order valence-corrected chi connectivity index (χ1v) is 7.20. The van der Waals surface area contributed by atoms with Gasteiger partial charge in [-0.15, -0.1) is 0 Å². The number of phenolic OH excluding ortho intramolecular Hbond substituents is 2. The Bertz CT molecular complexity index is 459. The van der Waals surface area contributed by atoms with Crippen molar-refractivity contribution in [2.45, 2.75) is 20.0 Å². The zero-order valence-corrected chi connectivity index (χ0v) is 12.9. The molecule has 1 rings (SSSR count). The van der Waals surface area contributed by atoms with Gasteiger partial charge in [0.2, 0.25) is 5.91 Å². The lowest BCUT2D eigenvalue weighted by Gasteiger charge is -2.14. The number of nitrogens with one attached hydrogen (secondary N) is 2. The molecule has 0 heterocycles. The van der Waals surface area contributed by atoms with Crippen molar-refractivity contribution in [2.75, 3.05) is 26.2 Å². The molecule has 5 N–H and O–H groups in total. The van der Waals surface area contributed by atoms with Crippen LogP contribution in [0.2, 0.25) is 0 Å². The third-order valence-electron chi connectivity index (χ3n) is 2.82. The van der Waals surface area contributed by atoms with Gasteiger partial charge in [0.15, 0.2) is 0 Å². The molecule has 1 aromatic carbocycles. The average molecular weight is 312 g/mol. The van der Waals surface area contributed by atoms with E-state index < -0.39 is 6.10 Å². The fourth-order valence-corrected chi connectivity index (χ4v) is 1.65. The van der Waals surface area contributed by atoms with Crippen LogP contribution in [-0.4, -0.2) is 53.6 Å². The number of hydrogen-bond acceptors (Lipinski definition) is 6. The highest BCUT2D eigenvalue weighted by molar-refractivity contribution is 5.77. The minimum atomic E-state index is -0.745. The van der Waals surface area contributed by atoms with E-state index in [1.165, 1.54) is 18.2 Å². The van der Waals surface area contributed by atoms with Gasteiger partial charge in [0.05, 0.1) is 0 Å². The molecule has 7 heteroatoms. The molecule has 22 heavy (non-hydrogen) atoms. The monoisotopic (exact) mass is 312 g/mol. The van der Waals surface area contributed by atoms with Gasteiger partial charge in [-0.25, -0.2) is 0 Å². The molecule has 1 amide bonds. The standard InChI is InChI=1S/C15H24N2O5/c1-10(2)15(21)17-4-3-16-8-13(20)9-22-14-6-11(18)5-12(19)7-14/h5-7,10,13,16,18-20H,3-4,8-9H2,1-2H3,(H,17,21). The zero-order valence-electron chi connectivity index (χ0n) is 12.9.